The zero-order valence-electron chi connectivity index (χ0n) is 9.69. The SMILES string of the molecule is Cc1ccccc1-c1csc(C(C)(C)O)n1. The molecule has 0 bridgehead atoms. The molecule has 0 amide bonds. The molecule has 2 rings (SSSR count). The monoisotopic (exact) mass is 233 g/mol. The number of nitrogens with zero attached hydrogens (tertiary/aromatic N) is 1. The van der Waals surface area contributed by atoms with E-state index in [1.165, 1.54) is 16.9 Å². The quantitative estimate of drug-likeness (QED) is 0.863. The van der Waals surface area contributed by atoms with Crippen molar-refractivity contribution in [2.24, 2.45) is 0 Å². The maximum absolute atomic E-state index is 9.87. The summed E-state index contributed by atoms with van der Waals surface area (Å²) >= 11 is 1.50. The smallest absolute Gasteiger partial charge is 0.124 e. The number of aliphatic hydroxyl groups is 1. The Kier molecular flexibility index (Phi) is 2.82. The number of aryl methyl sites for hydroxylation is 1. The fraction of sp³-hybridized carbons (Fsp3) is 0.308. The summed E-state index contributed by atoms with van der Waals surface area (Å²) in [7, 11) is 0. The van der Waals surface area contributed by atoms with Crippen LogP contribution in [0.3, 0.4) is 0 Å². The first-order valence-electron chi connectivity index (χ1n) is 5.23. The molecule has 1 aromatic heterocycles. The molecule has 3 heteroatoms. The average Bonchev–Trinajstić information content (AvgIpc) is 2.66. The third-order valence-electron chi connectivity index (χ3n) is 2.45. The van der Waals surface area contributed by atoms with Gasteiger partial charge in [0.1, 0.15) is 10.6 Å². The minimum absolute atomic E-state index is 0.755. The van der Waals surface area contributed by atoms with Crippen LogP contribution in [0.25, 0.3) is 11.3 Å². The molecular weight excluding hydrogens is 218 g/mol. The highest BCUT2D eigenvalue weighted by Crippen LogP contribution is 2.29. The van der Waals surface area contributed by atoms with E-state index in [2.05, 4.69) is 24.0 Å². The van der Waals surface area contributed by atoms with Crippen molar-refractivity contribution in [3.8, 4) is 11.3 Å². The van der Waals surface area contributed by atoms with Crippen LogP contribution < -0.4 is 0 Å². The Balaban J connectivity index is 2.44. The van der Waals surface area contributed by atoms with Gasteiger partial charge in [-0.1, -0.05) is 24.3 Å². The van der Waals surface area contributed by atoms with Crippen molar-refractivity contribution in [1.29, 1.82) is 0 Å². The first kappa shape index (κ1) is 11.3. The van der Waals surface area contributed by atoms with Crippen LogP contribution in [0.2, 0.25) is 0 Å². The molecule has 0 spiro atoms. The molecule has 0 aliphatic rings. The third kappa shape index (κ3) is 2.15. The van der Waals surface area contributed by atoms with Crippen LogP contribution in [0.15, 0.2) is 29.6 Å². The van der Waals surface area contributed by atoms with Crippen molar-refractivity contribution in [3.63, 3.8) is 0 Å². The number of hydrogen-bond acceptors (Lipinski definition) is 3. The number of benzene rings is 1. The molecule has 2 nitrogen and oxygen atoms in total. The first-order chi connectivity index (χ1) is 7.48. The summed E-state index contributed by atoms with van der Waals surface area (Å²) in [6, 6.07) is 8.14. The summed E-state index contributed by atoms with van der Waals surface area (Å²) in [5.41, 5.74) is 2.43. The van der Waals surface area contributed by atoms with E-state index in [0.717, 1.165) is 16.3 Å². The molecule has 0 saturated carbocycles. The van der Waals surface area contributed by atoms with Crippen molar-refractivity contribution in [1.82, 2.24) is 4.98 Å². The minimum atomic E-state index is -0.856. The molecule has 0 radical (unpaired) electrons. The Bertz CT molecular complexity index is 497. The van der Waals surface area contributed by atoms with Crippen LogP contribution in [0, 0.1) is 6.92 Å². The molecule has 2 aromatic rings. The largest absolute Gasteiger partial charge is 0.383 e. The maximum Gasteiger partial charge on any atom is 0.124 e. The number of aromatic nitrogens is 1. The number of hydrogen-bond donors (Lipinski definition) is 1. The second kappa shape index (κ2) is 4.00. The fourth-order valence-corrected chi connectivity index (χ4v) is 2.38. The van der Waals surface area contributed by atoms with Gasteiger partial charge in [-0.15, -0.1) is 11.3 Å². The van der Waals surface area contributed by atoms with Gasteiger partial charge >= 0.3 is 0 Å². The van der Waals surface area contributed by atoms with Crippen LogP contribution >= 0.6 is 11.3 Å². The van der Waals surface area contributed by atoms with Gasteiger partial charge < -0.3 is 5.11 Å². The van der Waals surface area contributed by atoms with Crippen LogP contribution in [-0.4, -0.2) is 10.1 Å². The third-order valence-corrected chi connectivity index (χ3v) is 3.60. The summed E-state index contributed by atoms with van der Waals surface area (Å²) in [5.74, 6) is 0. The van der Waals surface area contributed by atoms with Crippen LogP contribution in [-0.2, 0) is 5.60 Å². The summed E-state index contributed by atoms with van der Waals surface area (Å²) in [4.78, 5) is 4.48. The molecule has 16 heavy (non-hydrogen) atoms. The van der Waals surface area contributed by atoms with Gasteiger partial charge in [-0.25, -0.2) is 4.98 Å². The lowest BCUT2D eigenvalue weighted by Crippen LogP contribution is -2.14. The molecule has 0 aliphatic heterocycles. The lowest BCUT2D eigenvalue weighted by atomic mass is 10.1. The van der Waals surface area contributed by atoms with E-state index >= 15 is 0 Å². The van der Waals surface area contributed by atoms with E-state index in [1.807, 2.05) is 17.5 Å². The normalized spacial score (nSPS) is 11.8. The zero-order chi connectivity index (χ0) is 11.8. The predicted octanol–water partition coefficient (Wildman–Crippen LogP) is 3.35. The molecule has 1 aromatic carbocycles. The van der Waals surface area contributed by atoms with Gasteiger partial charge in [0.05, 0.1) is 5.69 Å². The number of thiazole rings is 1. The molecule has 0 fully saturated rings. The highest BCUT2D eigenvalue weighted by molar-refractivity contribution is 7.10. The average molecular weight is 233 g/mol. The van der Waals surface area contributed by atoms with Gasteiger partial charge in [0.25, 0.3) is 0 Å². The van der Waals surface area contributed by atoms with Crippen LogP contribution in [0.5, 0.6) is 0 Å². The Morgan fingerprint density at radius 1 is 1.25 bits per heavy atom. The molecule has 84 valence electrons. The summed E-state index contributed by atoms with van der Waals surface area (Å²) in [6.07, 6.45) is 0. The van der Waals surface area contributed by atoms with Crippen molar-refractivity contribution < 1.29 is 5.11 Å². The van der Waals surface area contributed by atoms with Gasteiger partial charge in [0.2, 0.25) is 0 Å². The minimum Gasteiger partial charge on any atom is -0.383 e. The Morgan fingerprint density at radius 2 is 1.94 bits per heavy atom. The van der Waals surface area contributed by atoms with E-state index < -0.39 is 5.60 Å². The molecule has 0 unspecified atom stereocenters. The first-order valence-corrected chi connectivity index (χ1v) is 6.11. The van der Waals surface area contributed by atoms with Crippen molar-refractivity contribution in [2.45, 2.75) is 26.4 Å². The molecule has 1 heterocycles. The van der Waals surface area contributed by atoms with Crippen molar-refractivity contribution in [3.05, 3.63) is 40.2 Å². The molecule has 0 saturated heterocycles. The van der Waals surface area contributed by atoms with E-state index in [-0.39, 0.29) is 0 Å². The van der Waals surface area contributed by atoms with Gasteiger partial charge in [-0.2, -0.15) is 0 Å². The molecule has 0 atom stereocenters. The van der Waals surface area contributed by atoms with Gasteiger partial charge in [0.15, 0.2) is 0 Å². The van der Waals surface area contributed by atoms with Crippen molar-refractivity contribution in [2.75, 3.05) is 0 Å². The molecular formula is C13H15NOS. The zero-order valence-corrected chi connectivity index (χ0v) is 10.5. The van der Waals surface area contributed by atoms with Crippen LogP contribution in [0.1, 0.15) is 24.4 Å². The van der Waals surface area contributed by atoms with Gasteiger partial charge in [0, 0.05) is 10.9 Å². The lowest BCUT2D eigenvalue weighted by Gasteiger charge is -2.12. The predicted molar refractivity (Wildman–Crippen MR) is 67.5 cm³/mol. The highest BCUT2D eigenvalue weighted by Gasteiger charge is 2.20. The summed E-state index contributed by atoms with van der Waals surface area (Å²) in [6.45, 7) is 5.58. The highest BCUT2D eigenvalue weighted by atomic mass is 32.1. The number of rotatable bonds is 2. The van der Waals surface area contributed by atoms with E-state index in [4.69, 9.17) is 0 Å². The van der Waals surface area contributed by atoms with Gasteiger partial charge in [-0.05, 0) is 26.3 Å². The topological polar surface area (TPSA) is 33.1 Å². The Labute approximate surface area is 99.6 Å². The summed E-state index contributed by atoms with van der Waals surface area (Å²) in [5, 5.41) is 12.6. The Morgan fingerprint density at radius 3 is 2.50 bits per heavy atom. The van der Waals surface area contributed by atoms with Crippen molar-refractivity contribution >= 4 is 11.3 Å². The maximum atomic E-state index is 9.87. The van der Waals surface area contributed by atoms with Crippen LogP contribution in [0.4, 0.5) is 0 Å². The Hall–Kier alpha value is -1.19. The van der Waals surface area contributed by atoms with E-state index in [9.17, 15) is 5.11 Å². The van der Waals surface area contributed by atoms with E-state index in [0.29, 0.717) is 0 Å². The second-order valence-corrected chi connectivity index (χ2v) is 5.27. The lowest BCUT2D eigenvalue weighted by molar-refractivity contribution is 0.0783. The second-order valence-electron chi connectivity index (χ2n) is 4.41. The fourth-order valence-electron chi connectivity index (χ4n) is 1.54. The summed E-state index contributed by atoms with van der Waals surface area (Å²) < 4.78 is 0. The van der Waals surface area contributed by atoms with E-state index in [1.54, 1.807) is 13.8 Å². The van der Waals surface area contributed by atoms with Gasteiger partial charge in [-0.3, -0.25) is 0 Å². The molecule has 0 aliphatic carbocycles. The molecule has 1 N–H and O–H groups in total. The standard InChI is InChI=1S/C13H15NOS/c1-9-6-4-5-7-10(9)11-8-16-12(14-11)13(2,3)15/h4-8,15H,1-3H3.